The minimum Gasteiger partial charge on any atom is -0.508 e. The number of hydrogen-bond donors (Lipinski definition) is 5. The zero-order chi connectivity index (χ0) is 30.0. The normalized spacial score (nSPS) is 28.3. The second-order valence-electron chi connectivity index (χ2n) is 11.9. The lowest BCUT2D eigenvalue weighted by atomic mass is 9.57. The molecule has 222 valence electrons. The number of amides is 1. The SMILES string of the molecule is CCN(Cc1cc(O)c2c(c1OC)C[C@H]1C[C@H]3[C@H](N(C)C)C(=O)C(C(N)=O)=C(O)[C@@]3(O)C(=O)C1=C2O)C1CCCC1. The van der Waals surface area contributed by atoms with Crippen LogP contribution in [0.5, 0.6) is 11.5 Å². The van der Waals surface area contributed by atoms with Gasteiger partial charge < -0.3 is 30.9 Å². The smallest absolute Gasteiger partial charge is 0.255 e. The number of ketones is 2. The van der Waals surface area contributed by atoms with E-state index >= 15 is 0 Å². The maximum Gasteiger partial charge on any atom is 0.255 e. The lowest BCUT2D eigenvalue weighted by Crippen LogP contribution is -2.65. The van der Waals surface area contributed by atoms with Crippen LogP contribution in [0.1, 0.15) is 55.7 Å². The van der Waals surface area contributed by atoms with E-state index in [1.807, 2.05) is 0 Å². The van der Waals surface area contributed by atoms with Crippen molar-refractivity contribution in [2.24, 2.45) is 17.6 Å². The van der Waals surface area contributed by atoms with E-state index in [2.05, 4.69) is 11.8 Å². The number of hydrogen-bond acceptors (Lipinski definition) is 10. The van der Waals surface area contributed by atoms with Gasteiger partial charge in [0.05, 0.1) is 18.7 Å². The van der Waals surface area contributed by atoms with Crippen molar-refractivity contribution in [3.8, 4) is 11.5 Å². The number of carbonyl (C=O) groups excluding carboxylic acids is 3. The van der Waals surface area contributed by atoms with Crippen molar-refractivity contribution in [3.05, 3.63) is 39.7 Å². The molecular weight excluding hydrogens is 530 g/mol. The van der Waals surface area contributed by atoms with Gasteiger partial charge in [-0.2, -0.15) is 0 Å². The molecule has 4 aliphatic carbocycles. The molecule has 11 nitrogen and oxygen atoms in total. The van der Waals surface area contributed by atoms with Crippen molar-refractivity contribution in [2.75, 3.05) is 27.7 Å². The van der Waals surface area contributed by atoms with Crippen LogP contribution < -0.4 is 10.5 Å². The van der Waals surface area contributed by atoms with Gasteiger partial charge in [-0.15, -0.1) is 0 Å². The maximum absolute atomic E-state index is 14.0. The first-order valence-corrected chi connectivity index (χ1v) is 14.2. The van der Waals surface area contributed by atoms with Crippen LogP contribution in [0.15, 0.2) is 23.0 Å². The Labute approximate surface area is 238 Å². The van der Waals surface area contributed by atoms with Gasteiger partial charge in [-0.05, 0) is 58.3 Å². The Morgan fingerprint density at radius 1 is 1.17 bits per heavy atom. The Balaban J connectivity index is 1.64. The highest BCUT2D eigenvalue weighted by Gasteiger charge is 2.64. The van der Waals surface area contributed by atoms with Crippen molar-refractivity contribution in [1.82, 2.24) is 9.80 Å². The first-order valence-electron chi connectivity index (χ1n) is 14.2. The number of methoxy groups -OCH3 is 1. The van der Waals surface area contributed by atoms with Crippen molar-refractivity contribution < 1.29 is 39.5 Å². The molecule has 0 aliphatic heterocycles. The molecule has 0 bridgehead atoms. The van der Waals surface area contributed by atoms with E-state index in [4.69, 9.17) is 10.5 Å². The molecular formula is C30H39N3O8. The average Bonchev–Trinajstić information content (AvgIpc) is 3.44. The first kappa shape index (κ1) is 29.1. The van der Waals surface area contributed by atoms with Gasteiger partial charge in [-0.1, -0.05) is 19.8 Å². The minimum atomic E-state index is -2.66. The molecule has 0 heterocycles. The topological polar surface area (TPSA) is 174 Å². The fourth-order valence-electron chi connectivity index (χ4n) is 7.72. The molecule has 1 aromatic rings. The number of carbonyl (C=O) groups is 3. The third-order valence-electron chi connectivity index (χ3n) is 9.57. The number of nitrogens with two attached hydrogens (primary N) is 1. The highest BCUT2D eigenvalue weighted by molar-refractivity contribution is 6.24. The third-order valence-corrected chi connectivity index (χ3v) is 9.57. The lowest BCUT2D eigenvalue weighted by molar-refractivity contribution is -0.153. The second-order valence-corrected chi connectivity index (χ2v) is 11.9. The number of phenolic OH excluding ortho intramolecular Hbond substituents is 1. The van der Waals surface area contributed by atoms with Gasteiger partial charge in [0.2, 0.25) is 5.78 Å². The molecule has 1 aromatic carbocycles. The highest BCUT2D eigenvalue weighted by Crippen LogP contribution is 2.54. The monoisotopic (exact) mass is 569 g/mol. The number of aliphatic hydroxyl groups is 3. The van der Waals surface area contributed by atoms with Crippen LogP contribution in [0.3, 0.4) is 0 Å². The van der Waals surface area contributed by atoms with Crippen LogP contribution in [-0.2, 0) is 27.3 Å². The largest absolute Gasteiger partial charge is 0.508 e. The molecule has 0 radical (unpaired) electrons. The van der Waals surface area contributed by atoms with Gasteiger partial charge >= 0.3 is 0 Å². The molecule has 41 heavy (non-hydrogen) atoms. The number of rotatable bonds is 7. The highest BCUT2D eigenvalue weighted by atomic mass is 16.5. The van der Waals surface area contributed by atoms with Crippen LogP contribution in [-0.4, -0.2) is 93.1 Å². The summed E-state index contributed by atoms with van der Waals surface area (Å²) in [4.78, 5) is 43.2. The summed E-state index contributed by atoms with van der Waals surface area (Å²) >= 11 is 0. The van der Waals surface area contributed by atoms with Crippen LogP contribution in [0, 0.1) is 11.8 Å². The van der Waals surface area contributed by atoms with Crippen molar-refractivity contribution >= 4 is 23.2 Å². The summed E-state index contributed by atoms with van der Waals surface area (Å²) in [6.45, 7) is 3.46. The van der Waals surface area contributed by atoms with Crippen LogP contribution in [0.4, 0.5) is 0 Å². The molecule has 0 aromatic heterocycles. The minimum absolute atomic E-state index is 0.0308. The predicted molar refractivity (Wildman–Crippen MR) is 149 cm³/mol. The first-order chi connectivity index (χ1) is 19.4. The summed E-state index contributed by atoms with van der Waals surface area (Å²) in [7, 11) is 4.67. The molecule has 2 fully saturated rings. The maximum atomic E-state index is 14.0. The lowest BCUT2D eigenvalue weighted by Gasteiger charge is -2.50. The van der Waals surface area contributed by atoms with E-state index in [0.29, 0.717) is 23.9 Å². The molecule has 5 rings (SSSR count). The van der Waals surface area contributed by atoms with E-state index in [1.165, 1.54) is 24.9 Å². The molecule has 0 saturated heterocycles. The number of likely N-dealkylation sites (N-methyl/N-ethyl adjacent to an activating group) is 1. The predicted octanol–water partition coefficient (Wildman–Crippen LogP) is 1.74. The Hall–Kier alpha value is -3.41. The Morgan fingerprint density at radius 2 is 1.83 bits per heavy atom. The van der Waals surface area contributed by atoms with Crippen LogP contribution in [0.2, 0.25) is 0 Å². The van der Waals surface area contributed by atoms with Gasteiger partial charge in [0.15, 0.2) is 11.4 Å². The quantitative estimate of drug-likeness (QED) is 0.304. The molecule has 4 atom stereocenters. The van der Waals surface area contributed by atoms with Gasteiger partial charge in [0.1, 0.15) is 28.6 Å². The summed E-state index contributed by atoms with van der Waals surface area (Å²) in [5.41, 5.74) is 3.04. The third kappa shape index (κ3) is 4.24. The zero-order valence-electron chi connectivity index (χ0n) is 23.9. The van der Waals surface area contributed by atoms with Crippen LogP contribution >= 0.6 is 0 Å². The number of benzene rings is 1. The molecule has 4 aliphatic rings. The fourth-order valence-corrected chi connectivity index (χ4v) is 7.72. The number of aliphatic hydroxyl groups excluding tert-OH is 2. The summed E-state index contributed by atoms with van der Waals surface area (Å²) in [5, 5.41) is 45.3. The number of Topliss-reactive ketones (excluding diaryl/α,β-unsaturated/α-hetero) is 2. The Morgan fingerprint density at radius 3 is 2.39 bits per heavy atom. The van der Waals surface area contributed by atoms with Crippen molar-refractivity contribution in [2.45, 2.75) is 69.7 Å². The fraction of sp³-hybridized carbons (Fsp3) is 0.567. The van der Waals surface area contributed by atoms with Gasteiger partial charge in [-0.3, -0.25) is 24.2 Å². The summed E-state index contributed by atoms with van der Waals surface area (Å²) in [6.07, 6.45) is 4.80. The zero-order valence-corrected chi connectivity index (χ0v) is 23.9. The van der Waals surface area contributed by atoms with Gasteiger partial charge in [0.25, 0.3) is 5.91 Å². The van der Waals surface area contributed by atoms with Crippen molar-refractivity contribution in [3.63, 3.8) is 0 Å². The van der Waals surface area contributed by atoms with Crippen molar-refractivity contribution in [1.29, 1.82) is 0 Å². The van der Waals surface area contributed by atoms with E-state index in [0.717, 1.165) is 24.9 Å². The number of aromatic hydroxyl groups is 1. The number of fused-ring (bicyclic) bond motifs is 3. The van der Waals surface area contributed by atoms with E-state index < -0.39 is 58.0 Å². The molecule has 6 N–H and O–H groups in total. The standard InChI is InChI=1S/C30H39N3O8/c1-5-33(16-8-6-7-9-16)13-15-12-19(34)21-17(26(15)41-4)10-14-11-18-23(32(2)3)25(36)22(29(31)39)28(38)30(18,40)27(37)20(14)24(21)35/h12,14,16,18,23,34-35,38,40H,5-11,13H2,1-4H3,(H2,31,39)/t14-,18-,23-,30-/m0/s1. The molecule has 0 spiro atoms. The number of nitrogens with zero attached hydrogens (tertiary/aromatic N) is 2. The average molecular weight is 570 g/mol. The number of phenols is 1. The summed E-state index contributed by atoms with van der Waals surface area (Å²) in [6, 6.07) is 0.856. The summed E-state index contributed by atoms with van der Waals surface area (Å²) < 4.78 is 5.86. The van der Waals surface area contributed by atoms with Gasteiger partial charge in [-0.25, -0.2) is 0 Å². The van der Waals surface area contributed by atoms with E-state index in [-0.39, 0.29) is 29.7 Å². The Kier molecular flexibility index (Phi) is 7.42. The van der Waals surface area contributed by atoms with E-state index in [1.54, 1.807) is 20.2 Å². The van der Waals surface area contributed by atoms with Gasteiger partial charge in [0, 0.05) is 35.2 Å². The molecule has 0 unspecified atom stereocenters. The molecule has 1 amide bonds. The molecule has 11 heteroatoms. The van der Waals surface area contributed by atoms with Crippen LogP contribution in [0.25, 0.3) is 5.76 Å². The summed E-state index contributed by atoms with van der Waals surface area (Å²) in [5.74, 6) is -6.19. The number of ether oxygens (including phenoxy) is 1. The molecule has 2 saturated carbocycles. The number of primary amides is 1. The van der Waals surface area contributed by atoms with E-state index in [9.17, 15) is 34.8 Å². The second kappa shape index (κ2) is 10.5. The Bertz CT molecular complexity index is 1380.